The highest BCUT2D eigenvalue weighted by Gasteiger charge is 2.42. The average molecular weight is 441 g/mol. The molecule has 2 aromatic carbocycles. The number of anilines is 1. The van der Waals surface area contributed by atoms with Gasteiger partial charge in [0.2, 0.25) is 0 Å². The van der Waals surface area contributed by atoms with Crippen LogP contribution in [0.4, 0.5) is 5.69 Å². The van der Waals surface area contributed by atoms with Crippen molar-refractivity contribution in [3.8, 4) is 11.4 Å². The lowest BCUT2D eigenvalue weighted by atomic mass is 10.0. The molecule has 0 unspecified atom stereocenters. The first-order valence-electron chi connectivity index (χ1n) is 10.6. The molecular weight excluding hydrogens is 416 g/mol. The van der Waals surface area contributed by atoms with Gasteiger partial charge in [-0.3, -0.25) is 4.98 Å². The number of aromatic nitrogens is 2. The maximum atomic E-state index is 5.85. The molecule has 0 amide bonds. The first-order valence-corrected chi connectivity index (χ1v) is 11.0. The highest BCUT2D eigenvalue weighted by molar-refractivity contribution is 7.80. The van der Waals surface area contributed by atoms with Crippen LogP contribution in [-0.2, 0) is 0 Å². The molecule has 5 rings (SSSR count). The Morgan fingerprint density at radius 1 is 0.875 bits per heavy atom. The van der Waals surface area contributed by atoms with Crippen molar-refractivity contribution >= 4 is 23.0 Å². The van der Waals surface area contributed by atoms with Gasteiger partial charge < -0.3 is 19.5 Å². The van der Waals surface area contributed by atoms with Crippen molar-refractivity contribution in [2.75, 3.05) is 12.0 Å². The van der Waals surface area contributed by atoms with E-state index in [0.717, 1.165) is 28.5 Å². The number of pyridine rings is 1. The third kappa shape index (κ3) is 3.52. The zero-order valence-electron chi connectivity index (χ0n) is 18.0. The van der Waals surface area contributed by atoms with Crippen molar-refractivity contribution in [3.05, 3.63) is 108 Å². The Labute approximate surface area is 193 Å². The summed E-state index contributed by atoms with van der Waals surface area (Å²) in [7, 11) is 1.67. The molecule has 0 aliphatic carbocycles. The number of nitrogens with one attached hydrogen (secondary N) is 1. The minimum absolute atomic E-state index is 0.0836. The standard InChI is InChI=1S/C26H24N4OS/c1-18-11-16-23(29(18)19-8-4-3-5-9-19)25-24(22-10-6-7-17-27-22)28-26(32)30(25)20-12-14-21(31-2)15-13-20/h3-17,24-25H,1-2H3,(H,28,32)/t24-,25+/m1/s1. The first kappa shape index (κ1) is 20.3. The summed E-state index contributed by atoms with van der Waals surface area (Å²) in [5.74, 6) is 0.813. The van der Waals surface area contributed by atoms with Crippen LogP contribution in [0.1, 0.15) is 29.2 Å². The van der Waals surface area contributed by atoms with E-state index in [1.54, 1.807) is 7.11 Å². The summed E-state index contributed by atoms with van der Waals surface area (Å²) in [6, 6.07) is 28.6. The van der Waals surface area contributed by atoms with Gasteiger partial charge in [0.15, 0.2) is 5.11 Å². The molecule has 1 saturated heterocycles. The predicted molar refractivity (Wildman–Crippen MR) is 131 cm³/mol. The summed E-state index contributed by atoms with van der Waals surface area (Å²) in [5, 5.41) is 4.21. The third-order valence-electron chi connectivity index (χ3n) is 5.87. The highest BCUT2D eigenvalue weighted by Crippen LogP contribution is 2.43. The fraction of sp³-hybridized carbons (Fsp3) is 0.154. The van der Waals surface area contributed by atoms with E-state index in [0.29, 0.717) is 5.11 Å². The van der Waals surface area contributed by atoms with Gasteiger partial charge in [0, 0.05) is 29.0 Å². The van der Waals surface area contributed by atoms with Crippen molar-refractivity contribution in [2.45, 2.75) is 19.0 Å². The lowest BCUT2D eigenvalue weighted by molar-refractivity contribution is 0.415. The molecule has 3 heterocycles. The number of rotatable bonds is 5. The molecule has 4 aromatic rings. The van der Waals surface area contributed by atoms with E-state index in [1.807, 2.05) is 54.7 Å². The average Bonchev–Trinajstić information content (AvgIpc) is 3.39. The number of benzene rings is 2. The molecule has 2 aromatic heterocycles. The number of aryl methyl sites for hydroxylation is 1. The second-order valence-electron chi connectivity index (χ2n) is 7.77. The van der Waals surface area contributed by atoms with Crippen molar-refractivity contribution in [1.82, 2.24) is 14.9 Å². The molecule has 1 N–H and O–H groups in total. The van der Waals surface area contributed by atoms with Crippen LogP contribution in [0.15, 0.2) is 91.1 Å². The molecule has 1 aliphatic rings. The number of methoxy groups -OCH3 is 1. The highest BCUT2D eigenvalue weighted by atomic mass is 32.1. The van der Waals surface area contributed by atoms with Crippen LogP contribution < -0.4 is 15.0 Å². The summed E-state index contributed by atoms with van der Waals surface area (Å²) in [5.41, 5.74) is 5.39. The minimum Gasteiger partial charge on any atom is -0.497 e. The van der Waals surface area contributed by atoms with E-state index in [1.165, 1.54) is 5.69 Å². The van der Waals surface area contributed by atoms with Gasteiger partial charge in [0.05, 0.1) is 18.8 Å². The van der Waals surface area contributed by atoms with Crippen molar-refractivity contribution < 1.29 is 4.74 Å². The van der Waals surface area contributed by atoms with E-state index in [4.69, 9.17) is 17.0 Å². The van der Waals surface area contributed by atoms with Crippen molar-refractivity contribution in [2.24, 2.45) is 0 Å². The molecule has 0 bridgehead atoms. The largest absolute Gasteiger partial charge is 0.497 e. The number of para-hydroxylation sites is 1. The summed E-state index contributed by atoms with van der Waals surface area (Å²) >= 11 is 5.85. The second-order valence-corrected chi connectivity index (χ2v) is 8.15. The molecule has 2 atom stereocenters. The van der Waals surface area contributed by atoms with Gasteiger partial charge in [-0.2, -0.15) is 0 Å². The van der Waals surface area contributed by atoms with Gasteiger partial charge >= 0.3 is 0 Å². The summed E-state index contributed by atoms with van der Waals surface area (Å²) in [6.07, 6.45) is 1.83. The van der Waals surface area contributed by atoms with Crippen LogP contribution in [-0.4, -0.2) is 21.8 Å². The van der Waals surface area contributed by atoms with Gasteiger partial charge in [-0.25, -0.2) is 0 Å². The summed E-state index contributed by atoms with van der Waals surface area (Å²) < 4.78 is 7.66. The van der Waals surface area contributed by atoms with Crippen LogP contribution in [0.5, 0.6) is 5.75 Å². The van der Waals surface area contributed by atoms with E-state index < -0.39 is 0 Å². The normalized spacial score (nSPS) is 17.9. The Kier molecular flexibility index (Phi) is 5.37. The molecule has 6 heteroatoms. The summed E-state index contributed by atoms with van der Waals surface area (Å²) in [6.45, 7) is 2.13. The molecule has 1 aliphatic heterocycles. The van der Waals surface area contributed by atoms with Crippen molar-refractivity contribution in [3.63, 3.8) is 0 Å². The Balaban J connectivity index is 1.68. The zero-order chi connectivity index (χ0) is 22.1. The van der Waals surface area contributed by atoms with Crippen LogP contribution in [0.3, 0.4) is 0 Å². The molecule has 1 fully saturated rings. The molecule has 32 heavy (non-hydrogen) atoms. The quantitative estimate of drug-likeness (QED) is 0.423. The molecule has 0 saturated carbocycles. The van der Waals surface area contributed by atoms with E-state index in [9.17, 15) is 0 Å². The van der Waals surface area contributed by atoms with Crippen LogP contribution in [0.25, 0.3) is 5.69 Å². The number of ether oxygens (including phenoxy) is 1. The Hall–Kier alpha value is -3.64. The third-order valence-corrected chi connectivity index (χ3v) is 6.19. The fourth-order valence-electron chi connectivity index (χ4n) is 4.40. The van der Waals surface area contributed by atoms with Crippen molar-refractivity contribution in [1.29, 1.82) is 0 Å². The second kappa shape index (κ2) is 8.48. The molecule has 5 nitrogen and oxygen atoms in total. The van der Waals surface area contributed by atoms with Gasteiger partial charge in [0.1, 0.15) is 11.8 Å². The Bertz CT molecular complexity index is 1220. The van der Waals surface area contributed by atoms with Gasteiger partial charge in [-0.1, -0.05) is 24.3 Å². The van der Waals surface area contributed by atoms with Crippen LogP contribution >= 0.6 is 12.2 Å². The van der Waals surface area contributed by atoms with Crippen LogP contribution in [0.2, 0.25) is 0 Å². The molecule has 0 spiro atoms. The maximum Gasteiger partial charge on any atom is 0.174 e. The molecule has 0 radical (unpaired) electrons. The Morgan fingerprint density at radius 3 is 2.31 bits per heavy atom. The van der Waals surface area contributed by atoms with Gasteiger partial charge in [0.25, 0.3) is 0 Å². The van der Waals surface area contributed by atoms with Crippen LogP contribution in [0, 0.1) is 6.92 Å². The lowest BCUT2D eigenvalue weighted by Gasteiger charge is -2.29. The monoisotopic (exact) mass is 440 g/mol. The van der Waals surface area contributed by atoms with E-state index >= 15 is 0 Å². The topological polar surface area (TPSA) is 42.3 Å². The predicted octanol–water partition coefficient (Wildman–Crippen LogP) is 5.37. The Morgan fingerprint density at radius 2 is 1.62 bits per heavy atom. The smallest absolute Gasteiger partial charge is 0.174 e. The number of hydrogen-bond donors (Lipinski definition) is 1. The zero-order valence-corrected chi connectivity index (χ0v) is 18.8. The van der Waals surface area contributed by atoms with E-state index in [2.05, 4.69) is 63.1 Å². The van der Waals surface area contributed by atoms with E-state index in [-0.39, 0.29) is 12.1 Å². The van der Waals surface area contributed by atoms with Gasteiger partial charge in [-0.15, -0.1) is 0 Å². The number of thiocarbonyl (C=S) groups is 1. The number of hydrogen-bond acceptors (Lipinski definition) is 3. The minimum atomic E-state index is -0.0948. The maximum absolute atomic E-state index is 5.85. The number of nitrogens with zero attached hydrogens (tertiary/aromatic N) is 3. The molecular formula is C26H24N4OS. The van der Waals surface area contributed by atoms with Gasteiger partial charge in [-0.05, 0) is 79.8 Å². The summed E-state index contributed by atoms with van der Waals surface area (Å²) in [4.78, 5) is 6.84. The SMILES string of the molecule is COc1ccc(N2C(=S)N[C@H](c3ccccn3)[C@@H]2c2ccc(C)n2-c2ccccc2)cc1. The first-order chi connectivity index (χ1) is 15.7. The molecule has 160 valence electrons. The lowest BCUT2D eigenvalue weighted by Crippen LogP contribution is -2.30. The fourth-order valence-corrected chi connectivity index (χ4v) is 4.74.